The van der Waals surface area contributed by atoms with Gasteiger partial charge < -0.3 is 14.2 Å². The van der Waals surface area contributed by atoms with Crippen LogP contribution in [0.25, 0.3) is 22.7 Å². The maximum atomic E-state index is 15.3. The van der Waals surface area contributed by atoms with E-state index >= 15 is 4.39 Å². The van der Waals surface area contributed by atoms with E-state index in [9.17, 15) is 9.59 Å². The summed E-state index contributed by atoms with van der Waals surface area (Å²) in [6.45, 7) is 4.78. The summed E-state index contributed by atoms with van der Waals surface area (Å²) in [5.74, 6) is 1.05. The van der Waals surface area contributed by atoms with Crippen molar-refractivity contribution in [2.45, 2.75) is 57.5 Å². The number of halogens is 1. The Balaban J connectivity index is 1.18. The summed E-state index contributed by atoms with van der Waals surface area (Å²) in [5, 5.41) is 12.6. The van der Waals surface area contributed by atoms with E-state index < -0.39 is 5.82 Å². The van der Waals surface area contributed by atoms with Gasteiger partial charge in [-0.1, -0.05) is 25.1 Å². The quantitative estimate of drug-likeness (QED) is 0.218. The fraction of sp³-hybridized carbons (Fsp3) is 0.303. The van der Waals surface area contributed by atoms with Gasteiger partial charge in [-0.25, -0.2) is 9.37 Å². The minimum atomic E-state index is -0.520. The van der Waals surface area contributed by atoms with Crippen LogP contribution in [0.5, 0.6) is 11.5 Å². The first-order valence-electron chi connectivity index (χ1n) is 14.9. The van der Waals surface area contributed by atoms with Gasteiger partial charge >= 0.3 is 0 Å². The van der Waals surface area contributed by atoms with E-state index in [2.05, 4.69) is 25.3 Å². The lowest BCUT2D eigenvalue weighted by Crippen LogP contribution is -2.27. The number of benzene rings is 2. The summed E-state index contributed by atoms with van der Waals surface area (Å²) in [6, 6.07) is 15.1. The molecule has 12 heteroatoms. The molecule has 0 spiro atoms. The molecule has 2 aromatic carbocycles. The van der Waals surface area contributed by atoms with E-state index in [1.54, 1.807) is 36.4 Å². The highest BCUT2D eigenvalue weighted by atomic mass is 19.1. The van der Waals surface area contributed by atoms with E-state index in [4.69, 9.17) is 9.26 Å². The number of aromatic nitrogens is 6. The Morgan fingerprint density at radius 1 is 1.04 bits per heavy atom. The summed E-state index contributed by atoms with van der Waals surface area (Å²) < 4.78 is 28.6. The summed E-state index contributed by atoms with van der Waals surface area (Å²) in [5.41, 5.74) is 2.53. The first kappa shape index (κ1) is 28.5. The van der Waals surface area contributed by atoms with E-state index in [-0.39, 0.29) is 41.5 Å². The molecule has 2 fully saturated rings. The first-order chi connectivity index (χ1) is 21.8. The van der Waals surface area contributed by atoms with Crippen molar-refractivity contribution < 1.29 is 18.4 Å². The van der Waals surface area contributed by atoms with Crippen molar-refractivity contribution in [1.82, 2.24) is 34.8 Å². The number of carbonyl (C=O) groups excluding carboxylic acids is 1. The minimum absolute atomic E-state index is 0.123. The van der Waals surface area contributed by atoms with Crippen LogP contribution in [0.3, 0.4) is 0 Å². The zero-order chi connectivity index (χ0) is 31.1. The number of likely N-dealkylation sites (tertiary alicyclic amines) is 1. The lowest BCUT2D eigenvalue weighted by atomic mass is 10.1. The highest BCUT2D eigenvalue weighted by Crippen LogP contribution is 2.37. The molecule has 1 amide bonds. The third-order valence-electron chi connectivity index (χ3n) is 8.12. The zero-order valence-corrected chi connectivity index (χ0v) is 24.8. The van der Waals surface area contributed by atoms with E-state index in [0.717, 1.165) is 18.5 Å². The maximum absolute atomic E-state index is 15.3. The molecule has 1 aliphatic carbocycles. The Morgan fingerprint density at radius 2 is 1.91 bits per heavy atom. The summed E-state index contributed by atoms with van der Waals surface area (Å²) >= 11 is 0. The van der Waals surface area contributed by atoms with Gasteiger partial charge in [-0.05, 0) is 55.2 Å². The molecule has 4 heterocycles. The van der Waals surface area contributed by atoms with E-state index in [0.29, 0.717) is 53.0 Å². The summed E-state index contributed by atoms with van der Waals surface area (Å²) in [4.78, 5) is 35.5. The Bertz CT molecular complexity index is 1930. The van der Waals surface area contributed by atoms with Crippen LogP contribution in [0.4, 0.5) is 4.39 Å². The molecular weight excluding hydrogens is 577 g/mol. The SMILES string of the molecule is CC(C)c1ccc(-c2ccc(Oc3cc(-c4nc([C@H]5CC(=O)N(C6CC6)C5)no4)ccc3Cn3cnccc3=O)cc2F)nn1. The third-order valence-corrected chi connectivity index (χ3v) is 8.12. The van der Waals surface area contributed by atoms with Crippen LogP contribution in [-0.2, 0) is 11.3 Å². The Morgan fingerprint density at radius 3 is 2.64 bits per heavy atom. The predicted molar refractivity (Wildman–Crippen MR) is 161 cm³/mol. The Hall–Kier alpha value is -5.26. The first-order valence-corrected chi connectivity index (χ1v) is 14.9. The smallest absolute Gasteiger partial charge is 0.258 e. The lowest BCUT2D eigenvalue weighted by Gasteiger charge is -2.14. The number of ether oxygens (including phenoxy) is 1. The van der Waals surface area contributed by atoms with Gasteiger partial charge in [-0.15, -0.1) is 0 Å². The van der Waals surface area contributed by atoms with Crippen molar-refractivity contribution in [2.75, 3.05) is 6.54 Å². The molecule has 0 N–H and O–H groups in total. The largest absolute Gasteiger partial charge is 0.457 e. The van der Waals surface area contributed by atoms with Crippen LogP contribution in [0.1, 0.15) is 62.0 Å². The van der Waals surface area contributed by atoms with Crippen LogP contribution in [0.15, 0.2) is 76.4 Å². The van der Waals surface area contributed by atoms with Gasteiger partial charge in [0.15, 0.2) is 5.82 Å². The lowest BCUT2D eigenvalue weighted by molar-refractivity contribution is -0.128. The Labute approximate surface area is 257 Å². The summed E-state index contributed by atoms with van der Waals surface area (Å²) in [7, 11) is 0. The number of rotatable bonds is 9. The average Bonchev–Trinajstić information content (AvgIpc) is 3.62. The molecule has 1 atom stereocenters. The van der Waals surface area contributed by atoms with Crippen molar-refractivity contribution in [1.29, 1.82) is 0 Å². The molecule has 11 nitrogen and oxygen atoms in total. The maximum Gasteiger partial charge on any atom is 0.258 e. The summed E-state index contributed by atoms with van der Waals surface area (Å²) in [6.07, 6.45) is 5.32. The van der Waals surface area contributed by atoms with Gasteiger partial charge in [0, 0.05) is 59.9 Å². The zero-order valence-electron chi connectivity index (χ0n) is 24.8. The number of hydrogen-bond acceptors (Lipinski definition) is 9. The second-order valence-corrected chi connectivity index (χ2v) is 11.7. The van der Waals surface area contributed by atoms with E-state index in [1.165, 1.54) is 29.2 Å². The molecule has 0 bridgehead atoms. The molecule has 0 radical (unpaired) electrons. The molecule has 2 aliphatic rings. The number of hydrogen-bond donors (Lipinski definition) is 0. The molecular formula is C33H30FN7O4. The number of carbonyl (C=O) groups is 1. The molecule has 7 rings (SSSR count). The normalized spacial score (nSPS) is 16.5. The van der Waals surface area contributed by atoms with Crippen molar-refractivity contribution in [3.05, 3.63) is 100 Å². The molecule has 5 aromatic rings. The third kappa shape index (κ3) is 5.95. The monoisotopic (exact) mass is 607 g/mol. The van der Waals surface area contributed by atoms with Crippen molar-refractivity contribution >= 4 is 5.91 Å². The topological polar surface area (TPSA) is 129 Å². The van der Waals surface area contributed by atoms with Crippen LogP contribution >= 0.6 is 0 Å². The van der Waals surface area contributed by atoms with Crippen LogP contribution < -0.4 is 10.3 Å². The second-order valence-electron chi connectivity index (χ2n) is 11.7. The standard InChI is InChI=1S/C33H30FN7O4/c1-19(2)27-9-10-28(38-37-27)25-8-7-24(15-26(25)34)44-29-13-20(3-4-21(29)16-40-18-35-12-11-30(40)42)33-36-32(39-45-33)22-14-31(43)41(17-22)23-5-6-23/h3-4,7-13,15,18-19,22-23H,5-6,14,16-17H2,1-2H3/t22-/m0/s1. The Kier molecular flexibility index (Phi) is 7.40. The van der Waals surface area contributed by atoms with Crippen LogP contribution in [0.2, 0.25) is 0 Å². The van der Waals surface area contributed by atoms with Gasteiger partial charge in [0.25, 0.3) is 11.4 Å². The van der Waals surface area contributed by atoms with Crippen LogP contribution in [0, 0.1) is 5.82 Å². The van der Waals surface area contributed by atoms with Gasteiger partial charge in [-0.2, -0.15) is 15.2 Å². The number of nitrogens with zero attached hydrogens (tertiary/aromatic N) is 7. The number of amides is 1. The molecule has 1 saturated heterocycles. The molecule has 228 valence electrons. The van der Waals surface area contributed by atoms with Gasteiger partial charge in [0.1, 0.15) is 17.3 Å². The molecule has 0 unspecified atom stereocenters. The second kappa shape index (κ2) is 11.7. The molecule has 45 heavy (non-hydrogen) atoms. The van der Waals surface area contributed by atoms with E-state index in [1.807, 2.05) is 24.8 Å². The fourth-order valence-electron chi connectivity index (χ4n) is 5.44. The van der Waals surface area contributed by atoms with Gasteiger partial charge in [0.05, 0.1) is 24.3 Å². The van der Waals surface area contributed by atoms with Crippen molar-refractivity contribution in [3.8, 4) is 34.2 Å². The minimum Gasteiger partial charge on any atom is -0.457 e. The predicted octanol–water partition coefficient (Wildman–Crippen LogP) is 5.33. The highest BCUT2D eigenvalue weighted by Gasteiger charge is 2.41. The van der Waals surface area contributed by atoms with Gasteiger partial charge in [0.2, 0.25) is 5.91 Å². The highest BCUT2D eigenvalue weighted by molar-refractivity contribution is 5.80. The molecule has 3 aromatic heterocycles. The molecule has 1 saturated carbocycles. The van der Waals surface area contributed by atoms with Crippen LogP contribution in [-0.4, -0.2) is 53.3 Å². The fourth-order valence-corrected chi connectivity index (χ4v) is 5.44. The van der Waals surface area contributed by atoms with Crippen molar-refractivity contribution in [3.63, 3.8) is 0 Å². The molecule has 1 aliphatic heterocycles. The average molecular weight is 608 g/mol. The van der Waals surface area contributed by atoms with Crippen molar-refractivity contribution in [2.24, 2.45) is 0 Å². The van der Waals surface area contributed by atoms with Gasteiger partial charge in [-0.3, -0.25) is 14.2 Å².